The third kappa shape index (κ3) is 5.68. The highest BCUT2D eigenvalue weighted by atomic mass is 35.5. The molecule has 0 radical (unpaired) electrons. The van der Waals surface area contributed by atoms with Crippen molar-refractivity contribution >= 4 is 46.3 Å². The van der Waals surface area contributed by atoms with Gasteiger partial charge in [-0.2, -0.15) is 5.10 Å². The normalized spacial score (nSPS) is 15.6. The molecule has 0 aliphatic carbocycles. The van der Waals surface area contributed by atoms with E-state index in [1.165, 1.54) is 5.56 Å². The number of hydrogen-bond donors (Lipinski definition) is 1. The number of ether oxygens (including phenoxy) is 2. The Morgan fingerprint density at radius 1 is 1.06 bits per heavy atom. The molecule has 2 aromatic carbocycles. The molecule has 3 heterocycles. The third-order valence-electron chi connectivity index (χ3n) is 6.10. The summed E-state index contributed by atoms with van der Waals surface area (Å²) in [7, 11) is 0. The number of nitrogens with zero attached hydrogens (tertiary/aromatic N) is 3. The van der Waals surface area contributed by atoms with Crippen molar-refractivity contribution < 1.29 is 9.47 Å². The van der Waals surface area contributed by atoms with Crippen LogP contribution in [-0.2, 0) is 11.3 Å². The van der Waals surface area contributed by atoms with Gasteiger partial charge >= 0.3 is 0 Å². The van der Waals surface area contributed by atoms with Gasteiger partial charge in [-0.15, -0.1) is 0 Å². The molecular formula is C27H26Cl2N4O2. The van der Waals surface area contributed by atoms with E-state index in [1.807, 2.05) is 31.2 Å². The molecule has 0 amide bonds. The van der Waals surface area contributed by atoms with Crippen molar-refractivity contribution in [3.63, 3.8) is 0 Å². The van der Waals surface area contributed by atoms with Gasteiger partial charge in [-0.05, 0) is 42.3 Å². The van der Waals surface area contributed by atoms with E-state index in [2.05, 4.69) is 50.4 Å². The Bertz CT molecular complexity index is 1310. The summed E-state index contributed by atoms with van der Waals surface area (Å²) in [4.78, 5) is 6.43. The number of benzene rings is 2. The molecule has 2 aromatic heterocycles. The first-order valence-corrected chi connectivity index (χ1v) is 12.3. The minimum Gasteiger partial charge on any atom is -0.486 e. The van der Waals surface area contributed by atoms with Crippen LogP contribution in [0.3, 0.4) is 0 Å². The van der Waals surface area contributed by atoms with Crippen LogP contribution in [0.2, 0.25) is 10.0 Å². The second kappa shape index (κ2) is 10.8. The van der Waals surface area contributed by atoms with Gasteiger partial charge in [0.25, 0.3) is 0 Å². The summed E-state index contributed by atoms with van der Waals surface area (Å²) in [6.07, 6.45) is 6.89. The summed E-state index contributed by atoms with van der Waals surface area (Å²) in [6, 6.07) is 14.5. The standard InChI is InChI=1S/C27H26Cl2N4O2/c1-18(27-23(28)15-30-16-24(27)29)35-21-7-9-26-22(14-21)25(31-32-26)8-6-19-2-4-20(5-3-19)17-33-10-12-34-13-11-33/h2-9,14-16,18H,10-13,17H2,1H3,(H,31,32)/b8-6+. The highest BCUT2D eigenvalue weighted by molar-refractivity contribution is 6.35. The molecule has 1 aliphatic rings. The van der Waals surface area contributed by atoms with Crippen molar-refractivity contribution in [3.05, 3.63) is 87.3 Å². The van der Waals surface area contributed by atoms with Crippen molar-refractivity contribution in [1.82, 2.24) is 20.1 Å². The van der Waals surface area contributed by atoms with Gasteiger partial charge in [0.15, 0.2) is 0 Å². The summed E-state index contributed by atoms with van der Waals surface area (Å²) in [5.74, 6) is 0.706. The van der Waals surface area contributed by atoms with Gasteiger partial charge in [0.2, 0.25) is 0 Å². The van der Waals surface area contributed by atoms with E-state index in [-0.39, 0.29) is 6.10 Å². The Kier molecular flexibility index (Phi) is 7.35. The molecule has 1 atom stereocenters. The molecule has 0 bridgehead atoms. The zero-order chi connectivity index (χ0) is 24.2. The zero-order valence-corrected chi connectivity index (χ0v) is 20.9. The van der Waals surface area contributed by atoms with Crippen LogP contribution in [0.15, 0.2) is 54.9 Å². The number of hydrogen-bond acceptors (Lipinski definition) is 5. The van der Waals surface area contributed by atoms with E-state index in [0.717, 1.165) is 55.0 Å². The van der Waals surface area contributed by atoms with Gasteiger partial charge in [-0.1, -0.05) is 53.5 Å². The van der Waals surface area contributed by atoms with Crippen molar-refractivity contribution in [2.75, 3.05) is 26.3 Å². The van der Waals surface area contributed by atoms with Gasteiger partial charge in [0.1, 0.15) is 11.9 Å². The van der Waals surface area contributed by atoms with Crippen molar-refractivity contribution in [1.29, 1.82) is 0 Å². The summed E-state index contributed by atoms with van der Waals surface area (Å²) in [5.41, 5.74) is 4.92. The predicted molar refractivity (Wildman–Crippen MR) is 141 cm³/mol. The quantitative estimate of drug-likeness (QED) is 0.312. The Morgan fingerprint density at radius 2 is 1.80 bits per heavy atom. The summed E-state index contributed by atoms with van der Waals surface area (Å²) < 4.78 is 11.6. The fraction of sp³-hybridized carbons (Fsp3) is 0.259. The minimum atomic E-state index is -0.336. The Hall–Kier alpha value is -2.90. The first kappa shape index (κ1) is 23.8. The smallest absolute Gasteiger partial charge is 0.124 e. The monoisotopic (exact) mass is 508 g/mol. The second-order valence-corrected chi connectivity index (χ2v) is 9.37. The van der Waals surface area contributed by atoms with E-state index in [1.54, 1.807) is 12.4 Å². The number of halogens is 2. The van der Waals surface area contributed by atoms with E-state index in [4.69, 9.17) is 32.7 Å². The van der Waals surface area contributed by atoms with E-state index < -0.39 is 0 Å². The Balaban J connectivity index is 1.29. The van der Waals surface area contributed by atoms with Gasteiger partial charge in [-0.25, -0.2) is 0 Å². The molecule has 1 unspecified atom stereocenters. The highest BCUT2D eigenvalue weighted by Crippen LogP contribution is 2.33. The largest absolute Gasteiger partial charge is 0.486 e. The van der Waals surface area contributed by atoms with Crippen LogP contribution in [0.25, 0.3) is 23.1 Å². The molecule has 0 spiro atoms. The number of aromatic nitrogens is 3. The highest BCUT2D eigenvalue weighted by Gasteiger charge is 2.16. The molecule has 5 rings (SSSR count). The maximum atomic E-state index is 6.29. The van der Waals surface area contributed by atoms with Gasteiger partial charge < -0.3 is 9.47 Å². The predicted octanol–water partition coefficient (Wildman–Crippen LogP) is 6.41. The zero-order valence-electron chi connectivity index (χ0n) is 19.4. The first-order chi connectivity index (χ1) is 17.1. The SMILES string of the molecule is CC(Oc1ccc2[nH]nc(/C=C/c3ccc(CN4CCOCC4)cc3)c2c1)c1c(Cl)cncc1Cl. The third-order valence-corrected chi connectivity index (χ3v) is 6.70. The summed E-state index contributed by atoms with van der Waals surface area (Å²) in [6.45, 7) is 6.47. The molecule has 180 valence electrons. The summed E-state index contributed by atoms with van der Waals surface area (Å²) in [5, 5.41) is 9.50. The topological polar surface area (TPSA) is 63.3 Å². The fourth-order valence-electron chi connectivity index (χ4n) is 4.21. The second-order valence-electron chi connectivity index (χ2n) is 8.56. The van der Waals surface area contributed by atoms with Gasteiger partial charge in [0.05, 0.1) is 34.5 Å². The van der Waals surface area contributed by atoms with E-state index in [9.17, 15) is 0 Å². The van der Waals surface area contributed by atoms with Gasteiger partial charge in [0, 0.05) is 43.0 Å². The van der Waals surface area contributed by atoms with E-state index in [0.29, 0.717) is 21.4 Å². The van der Waals surface area contributed by atoms with E-state index >= 15 is 0 Å². The van der Waals surface area contributed by atoms with Crippen LogP contribution in [0, 0.1) is 0 Å². The molecule has 0 saturated carbocycles. The molecule has 4 aromatic rings. The lowest BCUT2D eigenvalue weighted by Crippen LogP contribution is -2.35. The average molecular weight is 509 g/mol. The van der Waals surface area contributed by atoms with Crippen molar-refractivity contribution in [3.8, 4) is 5.75 Å². The van der Waals surface area contributed by atoms with Crippen molar-refractivity contribution in [2.24, 2.45) is 0 Å². The molecule has 1 saturated heterocycles. The minimum absolute atomic E-state index is 0.336. The number of H-pyrrole nitrogens is 1. The van der Waals surface area contributed by atoms with Crippen LogP contribution in [0.4, 0.5) is 0 Å². The molecular weight excluding hydrogens is 483 g/mol. The van der Waals surface area contributed by atoms with Crippen molar-refractivity contribution in [2.45, 2.75) is 19.6 Å². The fourth-order valence-corrected chi connectivity index (χ4v) is 4.89. The average Bonchev–Trinajstić information content (AvgIpc) is 3.26. The lowest BCUT2D eigenvalue weighted by molar-refractivity contribution is 0.0342. The number of nitrogens with one attached hydrogen (secondary N) is 1. The number of pyridine rings is 1. The maximum absolute atomic E-state index is 6.29. The molecule has 1 aliphatic heterocycles. The van der Waals surface area contributed by atoms with Crippen LogP contribution in [0.1, 0.15) is 35.4 Å². The number of aromatic amines is 1. The summed E-state index contributed by atoms with van der Waals surface area (Å²) >= 11 is 12.6. The lowest BCUT2D eigenvalue weighted by Gasteiger charge is -2.26. The lowest BCUT2D eigenvalue weighted by atomic mass is 10.1. The molecule has 35 heavy (non-hydrogen) atoms. The first-order valence-electron chi connectivity index (χ1n) is 11.6. The van der Waals surface area contributed by atoms with Crippen LogP contribution < -0.4 is 4.74 Å². The number of fused-ring (bicyclic) bond motifs is 1. The maximum Gasteiger partial charge on any atom is 0.124 e. The Morgan fingerprint density at radius 3 is 2.54 bits per heavy atom. The van der Waals surface area contributed by atoms with Crippen LogP contribution in [-0.4, -0.2) is 46.4 Å². The van der Waals surface area contributed by atoms with Crippen LogP contribution >= 0.6 is 23.2 Å². The van der Waals surface area contributed by atoms with Gasteiger partial charge in [-0.3, -0.25) is 15.0 Å². The Labute approximate surface area is 214 Å². The number of rotatable bonds is 7. The van der Waals surface area contributed by atoms with Crippen LogP contribution in [0.5, 0.6) is 5.75 Å². The molecule has 1 fully saturated rings. The number of morpholine rings is 1. The molecule has 8 heteroatoms. The molecule has 6 nitrogen and oxygen atoms in total. The molecule has 1 N–H and O–H groups in total.